The molecule has 1 amide bonds. The molecule has 2 aromatic rings. The highest BCUT2D eigenvalue weighted by molar-refractivity contribution is 7.89. The van der Waals surface area contributed by atoms with Gasteiger partial charge in [0.15, 0.2) is 0 Å². The zero-order valence-corrected chi connectivity index (χ0v) is 19.6. The predicted octanol–water partition coefficient (Wildman–Crippen LogP) is 2.95. The molecule has 1 heterocycles. The van der Waals surface area contributed by atoms with Gasteiger partial charge in [-0.15, -0.1) is 0 Å². The molecule has 9 nitrogen and oxygen atoms in total. The molecule has 1 fully saturated rings. The Morgan fingerprint density at radius 1 is 1.00 bits per heavy atom. The maximum atomic E-state index is 13.0. The Labute approximate surface area is 196 Å². The van der Waals surface area contributed by atoms with E-state index in [1.54, 1.807) is 0 Å². The lowest BCUT2D eigenvalue weighted by atomic mass is 9.98. The zero-order valence-electron chi connectivity index (χ0n) is 18.0. The van der Waals surface area contributed by atoms with Crippen LogP contribution in [0.4, 0.5) is 5.69 Å². The predicted molar refractivity (Wildman–Crippen MR) is 121 cm³/mol. The second-order valence-electron chi connectivity index (χ2n) is 7.43. The van der Waals surface area contributed by atoms with Crippen molar-refractivity contribution in [3.8, 4) is 0 Å². The Hall–Kier alpha value is -2.95. The van der Waals surface area contributed by atoms with Crippen molar-refractivity contribution in [1.82, 2.24) is 4.31 Å². The van der Waals surface area contributed by atoms with Gasteiger partial charge in [0, 0.05) is 23.8 Å². The van der Waals surface area contributed by atoms with E-state index in [0.717, 1.165) is 0 Å². The Kier molecular flexibility index (Phi) is 7.72. The molecule has 33 heavy (non-hydrogen) atoms. The number of carbonyl (C=O) groups is 3. The van der Waals surface area contributed by atoms with E-state index in [1.165, 1.54) is 61.0 Å². The Balaban J connectivity index is 1.79. The number of amides is 1. The summed E-state index contributed by atoms with van der Waals surface area (Å²) in [5.41, 5.74) is 0.318. The maximum absolute atomic E-state index is 13.0. The highest BCUT2D eigenvalue weighted by atomic mass is 35.5. The smallest absolute Gasteiger partial charge is 0.337 e. The van der Waals surface area contributed by atoms with E-state index < -0.39 is 33.8 Å². The van der Waals surface area contributed by atoms with Crippen LogP contribution in [-0.4, -0.2) is 57.9 Å². The first kappa shape index (κ1) is 24.7. The standard InChI is InChI=1S/C22H23ClN2O7S/c1-31-21(27)15-10-16(22(28)32-2)12-18(11-15)24-20(26)14-4-3-9-25(13-14)33(29,30)19-7-5-17(23)6-8-19/h5-8,10-12,14H,3-4,9,13H2,1-2H3,(H,24,26)/t14-/m1/s1. The number of nitrogens with one attached hydrogen (secondary N) is 1. The molecule has 2 aromatic carbocycles. The molecule has 0 aliphatic carbocycles. The van der Waals surface area contributed by atoms with Crippen molar-refractivity contribution in [2.24, 2.45) is 5.92 Å². The lowest BCUT2D eigenvalue weighted by molar-refractivity contribution is -0.120. The molecular weight excluding hydrogens is 472 g/mol. The monoisotopic (exact) mass is 494 g/mol. The van der Waals surface area contributed by atoms with Gasteiger partial charge in [0.1, 0.15) is 0 Å². The van der Waals surface area contributed by atoms with Crippen LogP contribution in [0.5, 0.6) is 0 Å². The molecule has 3 rings (SSSR count). The molecule has 0 bridgehead atoms. The van der Waals surface area contributed by atoms with Gasteiger partial charge in [0.05, 0.1) is 36.2 Å². The van der Waals surface area contributed by atoms with Crippen molar-refractivity contribution in [3.63, 3.8) is 0 Å². The minimum atomic E-state index is -3.79. The number of ether oxygens (including phenoxy) is 2. The summed E-state index contributed by atoms with van der Waals surface area (Å²) >= 11 is 5.85. The van der Waals surface area contributed by atoms with Crippen LogP contribution < -0.4 is 5.32 Å². The number of hydrogen-bond acceptors (Lipinski definition) is 7. The van der Waals surface area contributed by atoms with Crippen LogP contribution in [-0.2, 0) is 24.3 Å². The average molecular weight is 495 g/mol. The van der Waals surface area contributed by atoms with Crippen molar-refractivity contribution in [3.05, 3.63) is 58.6 Å². The van der Waals surface area contributed by atoms with Gasteiger partial charge in [0.2, 0.25) is 15.9 Å². The fraction of sp³-hybridized carbons (Fsp3) is 0.318. The van der Waals surface area contributed by atoms with Crippen molar-refractivity contribution in [1.29, 1.82) is 0 Å². The van der Waals surface area contributed by atoms with E-state index in [2.05, 4.69) is 5.32 Å². The molecule has 0 unspecified atom stereocenters. The van der Waals surface area contributed by atoms with Crippen LogP contribution in [0, 0.1) is 5.92 Å². The van der Waals surface area contributed by atoms with Crippen LogP contribution in [0.3, 0.4) is 0 Å². The number of anilines is 1. The second kappa shape index (κ2) is 10.3. The van der Waals surface area contributed by atoms with Crippen molar-refractivity contribution in [2.45, 2.75) is 17.7 Å². The number of benzene rings is 2. The van der Waals surface area contributed by atoms with Crippen LogP contribution in [0.1, 0.15) is 33.6 Å². The van der Waals surface area contributed by atoms with Crippen molar-refractivity contribution in [2.75, 3.05) is 32.6 Å². The molecule has 0 spiro atoms. The lowest BCUT2D eigenvalue weighted by Crippen LogP contribution is -2.43. The summed E-state index contributed by atoms with van der Waals surface area (Å²) in [4.78, 5) is 37.0. The number of rotatable bonds is 6. The number of methoxy groups -OCH3 is 2. The summed E-state index contributed by atoms with van der Waals surface area (Å²) in [7, 11) is -1.39. The van der Waals surface area contributed by atoms with E-state index in [1.807, 2.05) is 0 Å². The first-order chi connectivity index (χ1) is 15.6. The highest BCUT2D eigenvalue weighted by Gasteiger charge is 2.33. The maximum Gasteiger partial charge on any atom is 0.337 e. The topological polar surface area (TPSA) is 119 Å². The largest absolute Gasteiger partial charge is 0.465 e. The fourth-order valence-corrected chi connectivity index (χ4v) is 5.20. The molecule has 1 atom stereocenters. The van der Waals surface area contributed by atoms with E-state index in [-0.39, 0.29) is 28.3 Å². The van der Waals surface area contributed by atoms with E-state index in [4.69, 9.17) is 21.1 Å². The highest BCUT2D eigenvalue weighted by Crippen LogP contribution is 2.26. The lowest BCUT2D eigenvalue weighted by Gasteiger charge is -2.31. The second-order valence-corrected chi connectivity index (χ2v) is 9.80. The summed E-state index contributed by atoms with van der Waals surface area (Å²) in [6.45, 7) is 0.288. The number of sulfonamides is 1. The van der Waals surface area contributed by atoms with E-state index in [9.17, 15) is 22.8 Å². The summed E-state index contributed by atoms with van der Waals surface area (Å²) in [6.07, 6.45) is 0.986. The quantitative estimate of drug-likeness (QED) is 0.613. The third kappa shape index (κ3) is 5.70. The third-order valence-electron chi connectivity index (χ3n) is 5.25. The number of piperidine rings is 1. The molecule has 1 N–H and O–H groups in total. The van der Waals surface area contributed by atoms with Crippen LogP contribution in [0.15, 0.2) is 47.4 Å². The van der Waals surface area contributed by atoms with E-state index >= 15 is 0 Å². The Morgan fingerprint density at radius 2 is 1.58 bits per heavy atom. The number of carbonyl (C=O) groups excluding carboxylic acids is 3. The zero-order chi connectivity index (χ0) is 24.2. The molecule has 1 saturated heterocycles. The fourth-order valence-electron chi connectivity index (χ4n) is 3.55. The number of halogens is 1. The first-order valence-corrected chi connectivity index (χ1v) is 11.9. The summed E-state index contributed by atoms with van der Waals surface area (Å²) in [6, 6.07) is 9.89. The molecule has 0 aromatic heterocycles. The first-order valence-electron chi connectivity index (χ1n) is 10.0. The normalized spacial score (nSPS) is 16.6. The van der Waals surface area contributed by atoms with Crippen LogP contribution in [0.2, 0.25) is 5.02 Å². The molecule has 0 saturated carbocycles. The molecule has 11 heteroatoms. The van der Waals surface area contributed by atoms with Gasteiger partial charge < -0.3 is 14.8 Å². The van der Waals surface area contributed by atoms with Crippen LogP contribution >= 0.6 is 11.6 Å². The molecule has 1 aliphatic heterocycles. The summed E-state index contributed by atoms with van der Waals surface area (Å²) in [5.74, 6) is -2.42. The van der Waals surface area contributed by atoms with E-state index in [0.29, 0.717) is 24.4 Å². The number of nitrogens with zero attached hydrogens (tertiary/aromatic N) is 1. The molecule has 1 aliphatic rings. The van der Waals surface area contributed by atoms with Crippen molar-refractivity contribution >= 4 is 45.2 Å². The molecular formula is C22H23ClN2O7S. The molecule has 0 radical (unpaired) electrons. The number of hydrogen-bond donors (Lipinski definition) is 1. The minimum absolute atomic E-state index is 0.00263. The van der Waals surface area contributed by atoms with Gasteiger partial charge >= 0.3 is 11.9 Å². The van der Waals surface area contributed by atoms with Crippen LogP contribution in [0.25, 0.3) is 0 Å². The number of esters is 2. The van der Waals surface area contributed by atoms with Gasteiger partial charge in [-0.05, 0) is 55.3 Å². The Bertz CT molecular complexity index is 1130. The summed E-state index contributed by atoms with van der Waals surface area (Å²) < 4.78 is 36.6. The minimum Gasteiger partial charge on any atom is -0.465 e. The SMILES string of the molecule is COC(=O)c1cc(NC(=O)[C@@H]2CCCN(S(=O)(=O)c3ccc(Cl)cc3)C2)cc(C(=O)OC)c1. The van der Waals surface area contributed by atoms with Gasteiger partial charge in [-0.25, -0.2) is 18.0 Å². The van der Waals surface area contributed by atoms with Gasteiger partial charge in [-0.3, -0.25) is 4.79 Å². The Morgan fingerprint density at radius 3 is 2.12 bits per heavy atom. The van der Waals surface area contributed by atoms with Crippen molar-refractivity contribution < 1.29 is 32.3 Å². The van der Waals surface area contributed by atoms with Gasteiger partial charge in [-0.2, -0.15) is 4.31 Å². The third-order valence-corrected chi connectivity index (χ3v) is 7.38. The summed E-state index contributed by atoms with van der Waals surface area (Å²) in [5, 5.41) is 3.10. The van der Waals surface area contributed by atoms with Gasteiger partial charge in [0.25, 0.3) is 0 Å². The van der Waals surface area contributed by atoms with Gasteiger partial charge in [-0.1, -0.05) is 11.6 Å². The molecule has 176 valence electrons. The average Bonchev–Trinajstić information content (AvgIpc) is 2.83.